The highest BCUT2D eigenvalue weighted by atomic mass is 19.2. The van der Waals surface area contributed by atoms with E-state index in [1.54, 1.807) is 6.20 Å². The number of likely N-dealkylation sites (N-methyl/N-ethyl adjacent to an activating group) is 1. The van der Waals surface area contributed by atoms with E-state index >= 15 is 0 Å². The maximum absolute atomic E-state index is 13.7. The maximum atomic E-state index is 13.7. The lowest BCUT2D eigenvalue weighted by Crippen LogP contribution is -2.34. The second kappa shape index (κ2) is 8.46. The number of halogens is 3. The van der Waals surface area contributed by atoms with Crippen LogP contribution in [0.1, 0.15) is 5.82 Å². The molecule has 4 rings (SSSR count). The Morgan fingerprint density at radius 3 is 2.69 bits per heavy atom. The SMILES string of the molecule is CN(CC(=O)Nc1ccc(F)c(F)c1F)C(=O)C=Cc1nnc2c3ccccc3cnn12. The van der Waals surface area contributed by atoms with E-state index in [0.29, 0.717) is 17.5 Å². The molecule has 0 bridgehead atoms. The first-order chi connectivity index (χ1) is 15.3. The molecule has 0 aliphatic carbocycles. The van der Waals surface area contributed by atoms with E-state index in [0.717, 1.165) is 21.7 Å². The molecule has 8 nitrogen and oxygen atoms in total. The van der Waals surface area contributed by atoms with Crippen molar-refractivity contribution in [2.45, 2.75) is 0 Å². The summed E-state index contributed by atoms with van der Waals surface area (Å²) in [6.45, 7) is -0.453. The Hall–Kier alpha value is -4.28. The van der Waals surface area contributed by atoms with Gasteiger partial charge in [0, 0.05) is 23.9 Å². The zero-order valence-electron chi connectivity index (χ0n) is 16.6. The third-order valence-corrected chi connectivity index (χ3v) is 4.62. The maximum Gasteiger partial charge on any atom is 0.246 e. The first kappa shape index (κ1) is 21.0. The van der Waals surface area contributed by atoms with E-state index in [2.05, 4.69) is 20.6 Å². The fourth-order valence-corrected chi connectivity index (χ4v) is 2.99. The molecule has 0 unspecified atom stereocenters. The lowest BCUT2D eigenvalue weighted by Gasteiger charge is -2.15. The van der Waals surface area contributed by atoms with Gasteiger partial charge in [0.25, 0.3) is 0 Å². The van der Waals surface area contributed by atoms with Crippen molar-refractivity contribution in [3.8, 4) is 0 Å². The van der Waals surface area contributed by atoms with Crippen LogP contribution in [0.25, 0.3) is 22.5 Å². The molecular weight excluding hydrogens is 425 g/mol. The normalized spacial score (nSPS) is 11.4. The molecule has 0 atom stereocenters. The Morgan fingerprint density at radius 2 is 1.88 bits per heavy atom. The second-order valence-corrected chi connectivity index (χ2v) is 6.82. The quantitative estimate of drug-likeness (QED) is 0.381. The topological polar surface area (TPSA) is 92.5 Å². The van der Waals surface area contributed by atoms with Gasteiger partial charge in [0.2, 0.25) is 11.8 Å². The van der Waals surface area contributed by atoms with Gasteiger partial charge in [-0.1, -0.05) is 24.3 Å². The van der Waals surface area contributed by atoms with Crippen LogP contribution in [0.15, 0.2) is 48.7 Å². The first-order valence-corrected chi connectivity index (χ1v) is 9.31. The molecule has 0 radical (unpaired) electrons. The van der Waals surface area contributed by atoms with Crippen LogP contribution in [0.4, 0.5) is 18.9 Å². The highest BCUT2D eigenvalue weighted by molar-refractivity contribution is 5.98. The molecule has 162 valence electrons. The van der Waals surface area contributed by atoms with Crippen molar-refractivity contribution < 1.29 is 22.8 Å². The standard InChI is InChI=1S/C21H15F3N6O2/c1-29(11-17(31)26-15-7-6-14(22)19(23)20(15)24)18(32)9-8-16-27-28-21-13-5-3-2-4-12(13)10-25-30(16)21/h2-10H,11H2,1H3,(H,26,31). The summed E-state index contributed by atoms with van der Waals surface area (Å²) in [7, 11) is 1.35. The molecule has 0 spiro atoms. The van der Waals surface area contributed by atoms with Gasteiger partial charge in [-0.3, -0.25) is 9.59 Å². The van der Waals surface area contributed by atoms with Gasteiger partial charge in [-0.05, 0) is 18.2 Å². The number of carbonyl (C=O) groups excluding carboxylic acids is 2. The van der Waals surface area contributed by atoms with Crippen molar-refractivity contribution >= 4 is 40.0 Å². The summed E-state index contributed by atoms with van der Waals surface area (Å²) in [6, 6.07) is 9.09. The van der Waals surface area contributed by atoms with Crippen LogP contribution in [-0.2, 0) is 9.59 Å². The lowest BCUT2D eigenvalue weighted by molar-refractivity contribution is -0.129. The fraction of sp³-hybridized carbons (Fsp3) is 0.0952. The number of rotatable bonds is 5. The van der Waals surface area contributed by atoms with Crippen molar-refractivity contribution in [3.05, 3.63) is 71.9 Å². The number of aromatic nitrogens is 4. The molecule has 2 amide bonds. The number of hydrogen-bond donors (Lipinski definition) is 1. The van der Waals surface area contributed by atoms with Gasteiger partial charge in [-0.15, -0.1) is 10.2 Å². The number of nitrogens with one attached hydrogen (secondary N) is 1. The summed E-state index contributed by atoms with van der Waals surface area (Å²) in [5.41, 5.74) is -0.00462. The van der Waals surface area contributed by atoms with Crippen LogP contribution in [0.2, 0.25) is 0 Å². The van der Waals surface area contributed by atoms with Crippen molar-refractivity contribution in [3.63, 3.8) is 0 Å². The zero-order chi connectivity index (χ0) is 22.8. The number of hydrogen-bond acceptors (Lipinski definition) is 5. The minimum atomic E-state index is -1.70. The number of nitrogens with zero attached hydrogens (tertiary/aromatic N) is 5. The fourth-order valence-electron chi connectivity index (χ4n) is 2.99. The average Bonchev–Trinajstić information content (AvgIpc) is 3.21. The van der Waals surface area contributed by atoms with Crippen molar-refractivity contribution in [1.29, 1.82) is 0 Å². The first-order valence-electron chi connectivity index (χ1n) is 9.31. The average molecular weight is 440 g/mol. The number of benzene rings is 2. The smallest absolute Gasteiger partial charge is 0.246 e. The third kappa shape index (κ3) is 4.00. The molecule has 32 heavy (non-hydrogen) atoms. The molecule has 2 aromatic carbocycles. The highest BCUT2D eigenvalue weighted by Crippen LogP contribution is 2.20. The predicted octanol–water partition coefficient (Wildman–Crippen LogP) is 2.81. The Bertz CT molecular complexity index is 1380. The van der Waals surface area contributed by atoms with Crippen LogP contribution < -0.4 is 5.32 Å². The minimum absolute atomic E-state index is 0.306. The Morgan fingerprint density at radius 1 is 1.09 bits per heavy atom. The summed E-state index contributed by atoms with van der Waals surface area (Å²) in [5, 5.41) is 16.2. The van der Waals surface area contributed by atoms with Crippen molar-refractivity contribution in [2.75, 3.05) is 18.9 Å². The Kier molecular flexibility index (Phi) is 5.54. The van der Waals surface area contributed by atoms with E-state index in [4.69, 9.17) is 0 Å². The number of fused-ring (bicyclic) bond motifs is 3. The Balaban J connectivity index is 1.44. The van der Waals surface area contributed by atoms with Gasteiger partial charge >= 0.3 is 0 Å². The van der Waals surface area contributed by atoms with Gasteiger partial charge in [0.05, 0.1) is 18.4 Å². The van der Waals surface area contributed by atoms with Crippen molar-refractivity contribution in [1.82, 2.24) is 24.7 Å². The zero-order valence-corrected chi connectivity index (χ0v) is 16.6. The van der Waals surface area contributed by atoms with Gasteiger partial charge < -0.3 is 10.2 Å². The van der Waals surface area contributed by atoms with Crippen LogP contribution in [-0.4, -0.2) is 50.1 Å². The molecule has 1 N–H and O–H groups in total. The lowest BCUT2D eigenvalue weighted by atomic mass is 10.2. The van der Waals surface area contributed by atoms with Gasteiger partial charge in [0.15, 0.2) is 28.9 Å². The van der Waals surface area contributed by atoms with Crippen LogP contribution in [0.5, 0.6) is 0 Å². The van der Waals surface area contributed by atoms with Crippen molar-refractivity contribution in [2.24, 2.45) is 0 Å². The molecule has 11 heteroatoms. The molecule has 0 fully saturated rings. The molecule has 2 aromatic heterocycles. The Labute approximate surface area is 179 Å². The monoisotopic (exact) mass is 440 g/mol. The molecule has 4 aromatic rings. The summed E-state index contributed by atoms with van der Waals surface area (Å²) >= 11 is 0. The summed E-state index contributed by atoms with van der Waals surface area (Å²) in [4.78, 5) is 25.4. The third-order valence-electron chi connectivity index (χ3n) is 4.62. The predicted molar refractivity (Wildman–Crippen MR) is 110 cm³/mol. The number of amides is 2. The van der Waals surface area contributed by atoms with E-state index in [1.165, 1.54) is 23.7 Å². The minimum Gasteiger partial charge on any atom is -0.333 e. The van der Waals surface area contributed by atoms with E-state index in [1.807, 2.05) is 24.3 Å². The molecule has 0 saturated carbocycles. The molecular formula is C21H15F3N6O2. The highest BCUT2D eigenvalue weighted by Gasteiger charge is 2.17. The molecule has 2 heterocycles. The van der Waals surface area contributed by atoms with Crippen LogP contribution >= 0.6 is 0 Å². The van der Waals surface area contributed by atoms with Gasteiger partial charge in [-0.25, -0.2) is 13.2 Å². The van der Waals surface area contributed by atoms with Crippen LogP contribution in [0, 0.1) is 17.5 Å². The molecule has 0 aliphatic heterocycles. The number of carbonyl (C=O) groups is 2. The number of anilines is 1. The summed E-state index contributed by atoms with van der Waals surface area (Å²) in [5.74, 6) is -5.63. The summed E-state index contributed by atoms with van der Waals surface area (Å²) < 4.78 is 41.4. The van der Waals surface area contributed by atoms with Crippen LogP contribution in [0.3, 0.4) is 0 Å². The van der Waals surface area contributed by atoms with E-state index in [-0.39, 0.29) is 0 Å². The van der Waals surface area contributed by atoms with Gasteiger partial charge in [-0.2, -0.15) is 9.61 Å². The second-order valence-electron chi connectivity index (χ2n) is 6.82. The van der Waals surface area contributed by atoms with Gasteiger partial charge in [0.1, 0.15) is 0 Å². The van der Waals surface area contributed by atoms with E-state index < -0.39 is 41.5 Å². The largest absolute Gasteiger partial charge is 0.333 e. The molecule has 0 aliphatic rings. The summed E-state index contributed by atoms with van der Waals surface area (Å²) in [6.07, 6.45) is 4.23. The van der Waals surface area contributed by atoms with E-state index in [9.17, 15) is 22.8 Å². The molecule has 0 saturated heterocycles.